The third kappa shape index (κ3) is 8.11. The van der Waals surface area contributed by atoms with Crippen molar-refractivity contribution >= 4 is 42.1 Å². The molecule has 9 heteroatoms. The van der Waals surface area contributed by atoms with Gasteiger partial charge in [0.25, 0.3) is 5.91 Å². The average molecular weight is 513 g/mol. The van der Waals surface area contributed by atoms with Gasteiger partial charge in [-0.3, -0.25) is 9.59 Å². The molecule has 3 rings (SSSR count). The van der Waals surface area contributed by atoms with Crippen molar-refractivity contribution in [3.63, 3.8) is 0 Å². The summed E-state index contributed by atoms with van der Waals surface area (Å²) >= 11 is 12.2. The molecular weight excluding hydrogens is 486 g/mol. The number of rotatable bonds is 10. The molecule has 0 bridgehead atoms. The van der Waals surface area contributed by atoms with Crippen LogP contribution in [0.15, 0.2) is 72.8 Å². The van der Waals surface area contributed by atoms with Crippen LogP contribution in [0.1, 0.15) is 33.5 Å². The van der Waals surface area contributed by atoms with Crippen molar-refractivity contribution in [1.29, 1.82) is 0 Å². The van der Waals surface area contributed by atoms with Crippen molar-refractivity contribution in [3.05, 3.63) is 105 Å². The Labute approximate surface area is 215 Å². The third-order valence-electron chi connectivity index (χ3n) is 5.59. The van der Waals surface area contributed by atoms with Gasteiger partial charge in [0.1, 0.15) is 6.04 Å². The van der Waals surface area contributed by atoms with Crippen molar-refractivity contribution in [2.75, 3.05) is 0 Å². The molecule has 0 saturated heterocycles. The molecule has 4 N–H and O–H groups in total. The number of nitrogens with one attached hydrogen (secondary N) is 2. The lowest BCUT2D eigenvalue weighted by Crippen LogP contribution is -2.54. The van der Waals surface area contributed by atoms with Crippen molar-refractivity contribution < 1.29 is 19.6 Å². The highest BCUT2D eigenvalue weighted by molar-refractivity contribution is 6.43. The van der Waals surface area contributed by atoms with Gasteiger partial charge in [0, 0.05) is 5.02 Å². The summed E-state index contributed by atoms with van der Waals surface area (Å²) in [7, 11) is -1.78. The second kappa shape index (κ2) is 12.7. The number of aryl methyl sites for hydroxylation is 2. The lowest BCUT2D eigenvalue weighted by atomic mass is 9.75. The molecule has 2 atom stereocenters. The van der Waals surface area contributed by atoms with E-state index in [4.69, 9.17) is 23.2 Å². The first-order chi connectivity index (χ1) is 16.7. The van der Waals surface area contributed by atoms with Crippen LogP contribution in [0.3, 0.4) is 0 Å². The van der Waals surface area contributed by atoms with E-state index >= 15 is 0 Å². The highest BCUT2D eigenvalue weighted by atomic mass is 35.5. The molecule has 0 aliphatic heterocycles. The van der Waals surface area contributed by atoms with Crippen LogP contribution < -0.4 is 10.6 Å². The van der Waals surface area contributed by atoms with Gasteiger partial charge >= 0.3 is 7.12 Å². The van der Waals surface area contributed by atoms with Crippen molar-refractivity contribution in [2.45, 2.75) is 38.2 Å². The van der Waals surface area contributed by atoms with Crippen LogP contribution in [0.2, 0.25) is 10.0 Å². The van der Waals surface area contributed by atoms with Crippen molar-refractivity contribution in [3.8, 4) is 0 Å². The van der Waals surface area contributed by atoms with Crippen LogP contribution >= 0.6 is 23.2 Å². The lowest BCUT2D eigenvalue weighted by molar-refractivity contribution is -0.123. The number of carbonyl (C=O) groups is 2. The molecule has 6 nitrogen and oxygen atoms in total. The fourth-order valence-corrected chi connectivity index (χ4v) is 4.11. The number of hydrogen-bond donors (Lipinski definition) is 4. The highest BCUT2D eigenvalue weighted by Crippen LogP contribution is 2.21. The molecule has 0 fully saturated rings. The first-order valence-corrected chi connectivity index (χ1v) is 12.0. The molecule has 3 aromatic carbocycles. The van der Waals surface area contributed by atoms with Gasteiger partial charge in [-0.05, 0) is 55.5 Å². The summed E-state index contributed by atoms with van der Waals surface area (Å²) in [6, 6.07) is 20.6. The van der Waals surface area contributed by atoms with Gasteiger partial charge in [-0.25, -0.2) is 0 Å². The number of halogens is 2. The Morgan fingerprint density at radius 3 is 2.31 bits per heavy atom. The van der Waals surface area contributed by atoms with E-state index in [1.54, 1.807) is 6.07 Å². The molecule has 0 aliphatic rings. The molecule has 0 radical (unpaired) electrons. The van der Waals surface area contributed by atoms with E-state index in [0.29, 0.717) is 17.9 Å². The largest absolute Gasteiger partial charge is 0.475 e. The number of hydrogen-bond acceptors (Lipinski definition) is 4. The van der Waals surface area contributed by atoms with E-state index in [9.17, 15) is 19.6 Å². The van der Waals surface area contributed by atoms with Crippen LogP contribution in [0.5, 0.6) is 0 Å². The van der Waals surface area contributed by atoms with Crippen LogP contribution in [0, 0.1) is 6.92 Å². The minimum atomic E-state index is -1.78. The van der Waals surface area contributed by atoms with Gasteiger partial charge in [-0.15, -0.1) is 0 Å². The Bertz CT molecular complexity index is 1160. The minimum Gasteiger partial charge on any atom is -0.426 e. The summed E-state index contributed by atoms with van der Waals surface area (Å²) in [5.74, 6) is -2.04. The maximum atomic E-state index is 13.2. The van der Waals surface area contributed by atoms with E-state index in [0.717, 1.165) is 16.7 Å². The quantitative estimate of drug-likeness (QED) is 0.311. The highest BCUT2D eigenvalue weighted by Gasteiger charge is 2.30. The summed E-state index contributed by atoms with van der Waals surface area (Å²) in [6.45, 7) is 1.98. The molecule has 182 valence electrons. The maximum Gasteiger partial charge on any atom is 0.475 e. The zero-order valence-electron chi connectivity index (χ0n) is 19.2. The van der Waals surface area contributed by atoms with Crippen LogP contribution in [0.4, 0.5) is 0 Å². The summed E-state index contributed by atoms with van der Waals surface area (Å²) in [5, 5.41) is 25.7. The predicted molar refractivity (Wildman–Crippen MR) is 139 cm³/mol. The van der Waals surface area contributed by atoms with E-state index in [2.05, 4.69) is 10.6 Å². The fourth-order valence-electron chi connectivity index (χ4n) is 3.74. The van der Waals surface area contributed by atoms with Gasteiger partial charge in [0.2, 0.25) is 5.91 Å². The molecule has 0 saturated carbocycles. The van der Waals surface area contributed by atoms with Gasteiger partial charge in [-0.2, -0.15) is 0 Å². The number of amides is 2. The average Bonchev–Trinajstić information content (AvgIpc) is 2.83. The van der Waals surface area contributed by atoms with Crippen molar-refractivity contribution in [1.82, 2.24) is 10.6 Å². The summed E-state index contributed by atoms with van der Waals surface area (Å²) < 4.78 is 0. The molecule has 2 amide bonds. The summed E-state index contributed by atoms with van der Waals surface area (Å²) in [6.07, 6.45) is 1.02. The monoisotopic (exact) mass is 512 g/mol. The van der Waals surface area contributed by atoms with E-state index in [1.165, 1.54) is 12.1 Å². The fraction of sp³-hybridized carbons (Fsp3) is 0.231. The topological polar surface area (TPSA) is 98.7 Å². The number of benzene rings is 3. The van der Waals surface area contributed by atoms with Gasteiger partial charge in [-0.1, -0.05) is 83.4 Å². The molecule has 3 aromatic rings. The second-order valence-electron chi connectivity index (χ2n) is 8.40. The smallest absolute Gasteiger partial charge is 0.426 e. The molecular formula is C26H27BCl2N2O4. The van der Waals surface area contributed by atoms with Crippen LogP contribution in [0.25, 0.3) is 0 Å². The van der Waals surface area contributed by atoms with E-state index < -0.39 is 30.9 Å². The zero-order chi connectivity index (χ0) is 25.4. The van der Waals surface area contributed by atoms with Crippen LogP contribution in [-0.2, 0) is 17.6 Å². The molecule has 35 heavy (non-hydrogen) atoms. The normalized spacial score (nSPS) is 12.5. The third-order valence-corrected chi connectivity index (χ3v) is 6.15. The molecule has 0 spiro atoms. The van der Waals surface area contributed by atoms with Crippen LogP contribution in [-0.4, -0.2) is 41.0 Å². The Morgan fingerprint density at radius 2 is 1.63 bits per heavy atom. The zero-order valence-corrected chi connectivity index (χ0v) is 20.8. The Balaban J connectivity index is 1.78. The summed E-state index contributed by atoms with van der Waals surface area (Å²) in [5.41, 5.74) is 3.08. The first-order valence-electron chi connectivity index (χ1n) is 11.2. The number of carbonyl (C=O) groups excluding carboxylic acids is 2. The Morgan fingerprint density at radius 1 is 0.914 bits per heavy atom. The maximum absolute atomic E-state index is 13.2. The summed E-state index contributed by atoms with van der Waals surface area (Å²) in [4.78, 5) is 26.2. The van der Waals surface area contributed by atoms with E-state index in [-0.39, 0.29) is 17.0 Å². The Kier molecular flexibility index (Phi) is 9.75. The Hall–Kier alpha value is -2.84. The predicted octanol–water partition coefficient (Wildman–Crippen LogP) is 3.77. The lowest BCUT2D eigenvalue weighted by Gasteiger charge is -2.23. The molecule has 0 aromatic heterocycles. The SMILES string of the molecule is Cc1cccc(CC[C@H](NC(=O)c2cc(Cl)ccc2Cl)C(=O)N[C@@H](Cc2ccccc2)B(O)O)c1. The van der Waals surface area contributed by atoms with Gasteiger partial charge in [0.15, 0.2) is 0 Å². The standard InChI is InChI=1S/C26H27BCl2N2O4/c1-17-6-5-9-19(14-17)10-13-23(30-25(32)21-16-20(28)11-12-22(21)29)26(33)31-24(27(34)35)15-18-7-3-2-4-8-18/h2-9,11-12,14,16,23-24,34-35H,10,13,15H2,1H3,(H,30,32)(H,31,33)/t23-,24-/m0/s1. The first kappa shape index (κ1) is 26.8. The molecule has 0 aliphatic carbocycles. The van der Waals surface area contributed by atoms with Gasteiger partial charge < -0.3 is 20.7 Å². The molecule has 0 heterocycles. The second-order valence-corrected chi connectivity index (χ2v) is 9.24. The van der Waals surface area contributed by atoms with E-state index in [1.807, 2.05) is 61.5 Å². The van der Waals surface area contributed by atoms with Crippen molar-refractivity contribution in [2.24, 2.45) is 0 Å². The minimum absolute atomic E-state index is 0.149. The van der Waals surface area contributed by atoms with Gasteiger partial charge in [0.05, 0.1) is 16.5 Å². The molecule has 0 unspecified atom stereocenters.